The minimum absolute atomic E-state index is 0.186. The molecule has 2 rings (SSSR count). The Balaban J connectivity index is 2.26. The third-order valence-electron chi connectivity index (χ3n) is 2.30. The van der Waals surface area contributed by atoms with Gasteiger partial charge in [-0.1, -0.05) is 0 Å². The second kappa shape index (κ2) is 3.62. The van der Waals surface area contributed by atoms with Crippen LogP contribution in [0.5, 0.6) is 0 Å². The molecule has 0 aromatic carbocycles. The van der Waals surface area contributed by atoms with Crippen molar-refractivity contribution in [2.45, 2.75) is 25.7 Å². The predicted octanol–water partition coefficient (Wildman–Crippen LogP) is 1.22. The van der Waals surface area contributed by atoms with Crippen molar-refractivity contribution < 1.29 is 14.7 Å². The van der Waals surface area contributed by atoms with Gasteiger partial charge < -0.3 is 10.4 Å². The van der Waals surface area contributed by atoms with Gasteiger partial charge in [0.05, 0.1) is 5.69 Å². The summed E-state index contributed by atoms with van der Waals surface area (Å²) in [7, 11) is 0. The van der Waals surface area contributed by atoms with Crippen LogP contribution in [0.3, 0.4) is 0 Å². The number of nitrogens with one attached hydrogen (secondary N) is 1. The Morgan fingerprint density at radius 2 is 2.33 bits per heavy atom. The van der Waals surface area contributed by atoms with Crippen LogP contribution in [-0.4, -0.2) is 22.0 Å². The SMILES string of the molecule is CC(=O)Nc1nc2c(s1)CC[C@H]2C(=O)O. The molecule has 0 bridgehead atoms. The van der Waals surface area contributed by atoms with Gasteiger partial charge in [-0.05, 0) is 12.8 Å². The number of aliphatic carboxylic acids is 1. The number of hydrogen-bond acceptors (Lipinski definition) is 4. The van der Waals surface area contributed by atoms with E-state index in [0.717, 1.165) is 11.3 Å². The lowest BCUT2D eigenvalue weighted by molar-refractivity contribution is -0.138. The fourth-order valence-corrected chi connectivity index (χ4v) is 2.76. The highest BCUT2D eigenvalue weighted by atomic mass is 32.1. The summed E-state index contributed by atoms with van der Waals surface area (Å²) >= 11 is 1.37. The van der Waals surface area contributed by atoms with Gasteiger partial charge in [-0.15, -0.1) is 11.3 Å². The van der Waals surface area contributed by atoms with E-state index in [1.165, 1.54) is 18.3 Å². The van der Waals surface area contributed by atoms with Crippen LogP contribution in [0.15, 0.2) is 0 Å². The molecule has 0 unspecified atom stereocenters. The molecule has 0 spiro atoms. The van der Waals surface area contributed by atoms with Crippen LogP contribution < -0.4 is 5.32 Å². The highest BCUT2D eigenvalue weighted by molar-refractivity contribution is 7.16. The van der Waals surface area contributed by atoms with E-state index in [-0.39, 0.29) is 5.91 Å². The van der Waals surface area contributed by atoms with E-state index in [2.05, 4.69) is 10.3 Å². The van der Waals surface area contributed by atoms with Gasteiger partial charge in [-0.25, -0.2) is 4.98 Å². The van der Waals surface area contributed by atoms with Gasteiger partial charge in [0.1, 0.15) is 5.92 Å². The van der Waals surface area contributed by atoms with E-state index < -0.39 is 11.9 Å². The van der Waals surface area contributed by atoms with Crippen LogP contribution in [0.1, 0.15) is 29.8 Å². The number of aromatic nitrogens is 1. The van der Waals surface area contributed by atoms with Crippen LogP contribution in [0.4, 0.5) is 5.13 Å². The molecule has 15 heavy (non-hydrogen) atoms. The Hall–Kier alpha value is -1.43. The van der Waals surface area contributed by atoms with E-state index in [0.29, 0.717) is 17.2 Å². The molecular weight excluding hydrogens is 216 g/mol. The maximum atomic E-state index is 10.9. The number of anilines is 1. The summed E-state index contributed by atoms with van der Waals surface area (Å²) in [5, 5.41) is 12.0. The fraction of sp³-hybridized carbons (Fsp3) is 0.444. The number of carboxylic acid groups (broad SMARTS) is 1. The topological polar surface area (TPSA) is 79.3 Å². The Labute approximate surface area is 90.1 Å². The van der Waals surface area contributed by atoms with E-state index in [9.17, 15) is 9.59 Å². The number of carbonyl (C=O) groups excluding carboxylic acids is 1. The Morgan fingerprint density at radius 3 is 2.93 bits per heavy atom. The van der Waals surface area contributed by atoms with Crippen molar-refractivity contribution in [2.24, 2.45) is 0 Å². The first-order valence-corrected chi connectivity index (χ1v) is 5.39. The molecule has 2 N–H and O–H groups in total. The Kier molecular flexibility index (Phi) is 2.44. The first kappa shape index (κ1) is 10.1. The number of amides is 1. The molecule has 5 nitrogen and oxygen atoms in total. The molecule has 1 aromatic heterocycles. The van der Waals surface area contributed by atoms with Gasteiger partial charge in [0.15, 0.2) is 5.13 Å². The number of aryl methyl sites for hydroxylation is 1. The molecule has 0 aliphatic heterocycles. The molecule has 80 valence electrons. The lowest BCUT2D eigenvalue weighted by Crippen LogP contribution is -2.10. The molecule has 0 fully saturated rings. The number of carboxylic acids is 1. The van der Waals surface area contributed by atoms with Crippen LogP contribution in [0, 0.1) is 0 Å². The standard InChI is InChI=1S/C9H10N2O3S/c1-4(12)10-9-11-7-5(8(13)14)2-3-6(7)15-9/h5H,2-3H2,1H3,(H,13,14)(H,10,11,12)/t5-/m1/s1. The fourth-order valence-electron chi connectivity index (χ4n) is 1.67. The zero-order valence-electron chi connectivity index (χ0n) is 8.11. The van der Waals surface area contributed by atoms with Crippen molar-refractivity contribution in [3.63, 3.8) is 0 Å². The summed E-state index contributed by atoms with van der Waals surface area (Å²) in [5.41, 5.74) is 0.622. The summed E-state index contributed by atoms with van der Waals surface area (Å²) in [4.78, 5) is 26.8. The van der Waals surface area contributed by atoms with Gasteiger partial charge >= 0.3 is 5.97 Å². The van der Waals surface area contributed by atoms with Crippen molar-refractivity contribution in [1.82, 2.24) is 4.98 Å². The maximum absolute atomic E-state index is 10.9. The summed E-state index contributed by atoms with van der Waals surface area (Å²) in [6, 6.07) is 0. The van der Waals surface area contributed by atoms with Crippen LogP contribution in [-0.2, 0) is 16.0 Å². The van der Waals surface area contributed by atoms with Crippen LogP contribution in [0.2, 0.25) is 0 Å². The molecule has 1 aliphatic rings. The molecule has 1 amide bonds. The van der Waals surface area contributed by atoms with Crippen molar-refractivity contribution in [1.29, 1.82) is 0 Å². The van der Waals surface area contributed by atoms with E-state index >= 15 is 0 Å². The lowest BCUT2D eigenvalue weighted by atomic mass is 10.1. The summed E-state index contributed by atoms with van der Waals surface area (Å²) in [5.74, 6) is -1.53. The quantitative estimate of drug-likeness (QED) is 0.794. The van der Waals surface area contributed by atoms with E-state index in [4.69, 9.17) is 5.11 Å². The average Bonchev–Trinajstić information content (AvgIpc) is 2.60. The highest BCUT2D eigenvalue weighted by Crippen LogP contribution is 2.38. The van der Waals surface area contributed by atoms with Crippen LogP contribution >= 0.6 is 11.3 Å². The predicted molar refractivity (Wildman–Crippen MR) is 55.1 cm³/mol. The van der Waals surface area contributed by atoms with Gasteiger partial charge in [0.25, 0.3) is 0 Å². The normalized spacial score (nSPS) is 18.6. The smallest absolute Gasteiger partial charge is 0.312 e. The molecule has 1 heterocycles. The molecule has 1 aliphatic carbocycles. The molecule has 0 saturated heterocycles. The number of nitrogens with zero attached hydrogens (tertiary/aromatic N) is 1. The monoisotopic (exact) mass is 226 g/mol. The zero-order valence-corrected chi connectivity index (χ0v) is 8.93. The summed E-state index contributed by atoms with van der Waals surface area (Å²) < 4.78 is 0. The van der Waals surface area contributed by atoms with E-state index in [1.54, 1.807) is 0 Å². The van der Waals surface area contributed by atoms with Crippen molar-refractivity contribution in [3.8, 4) is 0 Å². The summed E-state index contributed by atoms with van der Waals surface area (Å²) in [6.07, 6.45) is 1.35. The molecule has 6 heteroatoms. The minimum Gasteiger partial charge on any atom is -0.481 e. The lowest BCUT2D eigenvalue weighted by Gasteiger charge is -2.01. The number of thiazole rings is 1. The summed E-state index contributed by atoms with van der Waals surface area (Å²) in [6.45, 7) is 1.40. The highest BCUT2D eigenvalue weighted by Gasteiger charge is 2.32. The van der Waals surface area contributed by atoms with Gasteiger partial charge in [0.2, 0.25) is 5.91 Å². The Morgan fingerprint density at radius 1 is 1.60 bits per heavy atom. The number of rotatable bonds is 2. The van der Waals surface area contributed by atoms with Crippen molar-refractivity contribution >= 4 is 28.3 Å². The van der Waals surface area contributed by atoms with Crippen molar-refractivity contribution in [2.75, 3.05) is 5.32 Å². The molecule has 1 aromatic rings. The van der Waals surface area contributed by atoms with Gasteiger partial charge in [-0.2, -0.15) is 0 Å². The van der Waals surface area contributed by atoms with Crippen molar-refractivity contribution in [3.05, 3.63) is 10.6 Å². The van der Waals surface area contributed by atoms with Crippen LogP contribution in [0.25, 0.3) is 0 Å². The third kappa shape index (κ3) is 1.85. The molecule has 0 saturated carbocycles. The average molecular weight is 226 g/mol. The molecule has 1 atom stereocenters. The zero-order chi connectivity index (χ0) is 11.0. The largest absolute Gasteiger partial charge is 0.481 e. The number of carbonyl (C=O) groups is 2. The first-order chi connectivity index (χ1) is 7.08. The molecular formula is C9H10N2O3S. The number of hydrogen-bond donors (Lipinski definition) is 2. The second-order valence-corrected chi connectivity index (χ2v) is 4.52. The first-order valence-electron chi connectivity index (χ1n) is 4.58. The third-order valence-corrected chi connectivity index (χ3v) is 3.35. The number of fused-ring (bicyclic) bond motifs is 1. The minimum atomic E-state index is -0.839. The van der Waals surface area contributed by atoms with E-state index in [1.807, 2.05) is 0 Å². The maximum Gasteiger partial charge on any atom is 0.312 e. The second-order valence-electron chi connectivity index (χ2n) is 3.44. The Bertz CT molecular complexity index is 427. The van der Waals surface area contributed by atoms with Gasteiger partial charge in [-0.3, -0.25) is 9.59 Å². The molecule has 0 radical (unpaired) electrons. The van der Waals surface area contributed by atoms with Gasteiger partial charge in [0, 0.05) is 11.8 Å².